The van der Waals surface area contributed by atoms with Gasteiger partial charge in [-0.15, -0.1) is 0 Å². The molecule has 0 amide bonds. The second-order valence-electron chi connectivity index (χ2n) is 5.87. The number of para-hydroxylation sites is 1. The highest BCUT2D eigenvalue weighted by molar-refractivity contribution is 5.78. The van der Waals surface area contributed by atoms with Crippen LogP contribution in [0.4, 0.5) is 0 Å². The van der Waals surface area contributed by atoms with Gasteiger partial charge in [0.05, 0.1) is 22.7 Å². The van der Waals surface area contributed by atoms with Gasteiger partial charge in [-0.3, -0.25) is 9.36 Å². The summed E-state index contributed by atoms with van der Waals surface area (Å²) in [6.45, 7) is 0.683. The maximum atomic E-state index is 12.4. The standard InChI is InChI=1S/C21H15N3O/c22-14-16-6-8-17(9-7-16)15-23-13-12-20-19(23)10-11-21(25)24(20)18-4-2-1-3-5-18/h1-13H,15H2. The van der Waals surface area contributed by atoms with Crippen LogP contribution in [0.25, 0.3) is 16.7 Å². The van der Waals surface area contributed by atoms with E-state index in [0.29, 0.717) is 12.1 Å². The van der Waals surface area contributed by atoms with E-state index < -0.39 is 0 Å². The number of nitriles is 1. The van der Waals surface area contributed by atoms with Gasteiger partial charge in [0, 0.05) is 24.5 Å². The molecule has 0 fully saturated rings. The van der Waals surface area contributed by atoms with Gasteiger partial charge in [-0.1, -0.05) is 30.3 Å². The summed E-state index contributed by atoms with van der Waals surface area (Å²) in [6.07, 6.45) is 1.99. The first kappa shape index (κ1) is 15.0. The fraction of sp³-hybridized carbons (Fsp3) is 0.0476. The average Bonchev–Trinajstić information content (AvgIpc) is 3.05. The van der Waals surface area contributed by atoms with E-state index in [1.54, 1.807) is 10.6 Å². The molecular weight excluding hydrogens is 310 g/mol. The van der Waals surface area contributed by atoms with E-state index in [1.165, 1.54) is 0 Å². The first-order valence-corrected chi connectivity index (χ1v) is 8.01. The Hall–Kier alpha value is -3.58. The van der Waals surface area contributed by atoms with Crippen molar-refractivity contribution in [2.45, 2.75) is 6.54 Å². The van der Waals surface area contributed by atoms with E-state index in [4.69, 9.17) is 5.26 Å². The zero-order valence-electron chi connectivity index (χ0n) is 13.5. The first-order valence-electron chi connectivity index (χ1n) is 8.01. The number of rotatable bonds is 3. The van der Waals surface area contributed by atoms with Crippen LogP contribution >= 0.6 is 0 Å². The van der Waals surface area contributed by atoms with Gasteiger partial charge in [0.25, 0.3) is 5.56 Å². The Bertz CT molecular complexity index is 1130. The molecule has 0 spiro atoms. The number of pyridine rings is 1. The molecule has 0 saturated carbocycles. The minimum Gasteiger partial charge on any atom is -0.342 e. The Kier molecular flexibility index (Phi) is 3.68. The number of hydrogen-bond donors (Lipinski definition) is 0. The summed E-state index contributed by atoms with van der Waals surface area (Å²) in [5.74, 6) is 0. The summed E-state index contributed by atoms with van der Waals surface area (Å²) in [5, 5.41) is 8.90. The molecule has 4 aromatic rings. The van der Waals surface area contributed by atoms with Crippen LogP contribution in [-0.4, -0.2) is 9.13 Å². The van der Waals surface area contributed by atoms with Crippen molar-refractivity contribution in [3.63, 3.8) is 0 Å². The van der Waals surface area contributed by atoms with Gasteiger partial charge >= 0.3 is 0 Å². The Balaban J connectivity index is 1.80. The third-order valence-electron chi connectivity index (χ3n) is 4.28. The summed E-state index contributed by atoms with van der Waals surface area (Å²) in [5.41, 5.74) is 4.44. The van der Waals surface area contributed by atoms with Crippen molar-refractivity contribution < 1.29 is 0 Å². The molecule has 0 aliphatic carbocycles. The van der Waals surface area contributed by atoms with Gasteiger partial charge in [-0.2, -0.15) is 5.26 Å². The summed E-state index contributed by atoms with van der Waals surface area (Å²) in [6, 6.07) is 24.8. The summed E-state index contributed by atoms with van der Waals surface area (Å²) < 4.78 is 3.83. The lowest BCUT2D eigenvalue weighted by Crippen LogP contribution is -2.17. The lowest BCUT2D eigenvalue weighted by atomic mass is 10.1. The molecule has 0 bridgehead atoms. The van der Waals surface area contributed by atoms with Gasteiger partial charge in [0.2, 0.25) is 0 Å². The predicted molar refractivity (Wildman–Crippen MR) is 97.8 cm³/mol. The molecule has 0 N–H and O–H groups in total. The first-order chi connectivity index (χ1) is 12.3. The molecular formula is C21H15N3O. The van der Waals surface area contributed by atoms with E-state index in [9.17, 15) is 4.79 Å². The van der Waals surface area contributed by atoms with Crippen LogP contribution in [0, 0.1) is 11.3 Å². The molecule has 0 saturated heterocycles. The van der Waals surface area contributed by atoms with Crippen molar-refractivity contribution in [1.82, 2.24) is 9.13 Å². The maximum Gasteiger partial charge on any atom is 0.255 e. The maximum absolute atomic E-state index is 12.4. The van der Waals surface area contributed by atoms with E-state index in [1.807, 2.05) is 72.9 Å². The molecule has 25 heavy (non-hydrogen) atoms. The van der Waals surface area contributed by atoms with E-state index in [-0.39, 0.29) is 5.56 Å². The van der Waals surface area contributed by atoms with Gasteiger partial charge < -0.3 is 4.57 Å². The lowest BCUT2D eigenvalue weighted by molar-refractivity contribution is 0.835. The third kappa shape index (κ3) is 2.73. The number of benzene rings is 2. The molecule has 0 unspecified atom stereocenters. The summed E-state index contributed by atoms with van der Waals surface area (Å²) in [7, 11) is 0. The van der Waals surface area contributed by atoms with Crippen molar-refractivity contribution in [2.75, 3.05) is 0 Å². The van der Waals surface area contributed by atoms with Crippen molar-refractivity contribution in [3.8, 4) is 11.8 Å². The molecule has 2 aromatic heterocycles. The fourth-order valence-corrected chi connectivity index (χ4v) is 3.05. The topological polar surface area (TPSA) is 50.7 Å². The van der Waals surface area contributed by atoms with Gasteiger partial charge in [0.15, 0.2) is 0 Å². The van der Waals surface area contributed by atoms with Crippen LogP contribution in [0.15, 0.2) is 83.8 Å². The Labute approximate surface area is 144 Å². The smallest absolute Gasteiger partial charge is 0.255 e. The van der Waals surface area contributed by atoms with E-state index >= 15 is 0 Å². The molecule has 0 aliphatic rings. The lowest BCUT2D eigenvalue weighted by Gasteiger charge is -2.10. The predicted octanol–water partition coefficient (Wildman–Crippen LogP) is 3.71. The fourth-order valence-electron chi connectivity index (χ4n) is 3.05. The van der Waals surface area contributed by atoms with Crippen LogP contribution < -0.4 is 5.56 Å². The molecule has 4 rings (SSSR count). The van der Waals surface area contributed by atoms with Crippen molar-refractivity contribution >= 4 is 11.0 Å². The molecule has 0 radical (unpaired) electrons. The Morgan fingerprint density at radius 3 is 2.32 bits per heavy atom. The third-order valence-corrected chi connectivity index (χ3v) is 4.28. The van der Waals surface area contributed by atoms with Crippen molar-refractivity contribution in [3.05, 3.63) is 100 Å². The molecule has 2 aromatic carbocycles. The zero-order valence-corrected chi connectivity index (χ0v) is 13.5. The van der Waals surface area contributed by atoms with E-state index in [0.717, 1.165) is 22.3 Å². The van der Waals surface area contributed by atoms with Gasteiger partial charge in [-0.25, -0.2) is 0 Å². The second-order valence-corrected chi connectivity index (χ2v) is 5.87. The molecule has 0 atom stereocenters. The van der Waals surface area contributed by atoms with Crippen molar-refractivity contribution in [1.29, 1.82) is 5.26 Å². The molecule has 120 valence electrons. The highest BCUT2D eigenvalue weighted by Gasteiger charge is 2.09. The normalized spacial score (nSPS) is 10.7. The van der Waals surface area contributed by atoms with Crippen LogP contribution in [0.2, 0.25) is 0 Å². The van der Waals surface area contributed by atoms with Gasteiger partial charge in [-0.05, 0) is 42.0 Å². The number of fused-ring (bicyclic) bond motifs is 1. The number of aromatic nitrogens is 2. The van der Waals surface area contributed by atoms with Crippen LogP contribution in [0.1, 0.15) is 11.1 Å². The van der Waals surface area contributed by atoms with E-state index in [2.05, 4.69) is 10.6 Å². The van der Waals surface area contributed by atoms with Crippen molar-refractivity contribution in [2.24, 2.45) is 0 Å². The number of hydrogen-bond acceptors (Lipinski definition) is 2. The largest absolute Gasteiger partial charge is 0.342 e. The molecule has 4 heteroatoms. The Morgan fingerprint density at radius 1 is 0.840 bits per heavy atom. The molecule has 2 heterocycles. The average molecular weight is 325 g/mol. The zero-order chi connectivity index (χ0) is 17.2. The highest BCUT2D eigenvalue weighted by Crippen LogP contribution is 2.19. The quantitative estimate of drug-likeness (QED) is 0.576. The molecule has 4 nitrogen and oxygen atoms in total. The highest BCUT2D eigenvalue weighted by atomic mass is 16.1. The summed E-state index contributed by atoms with van der Waals surface area (Å²) >= 11 is 0. The van der Waals surface area contributed by atoms with Gasteiger partial charge in [0.1, 0.15) is 0 Å². The molecule has 0 aliphatic heterocycles. The number of nitrogens with zero attached hydrogens (tertiary/aromatic N) is 3. The minimum atomic E-state index is -0.0465. The Morgan fingerprint density at radius 2 is 1.60 bits per heavy atom. The monoisotopic (exact) mass is 325 g/mol. The second kappa shape index (κ2) is 6.14. The SMILES string of the molecule is N#Cc1ccc(Cn2ccc3c2ccc(=O)n3-c2ccccc2)cc1. The van der Waals surface area contributed by atoms with Crippen LogP contribution in [0.5, 0.6) is 0 Å². The van der Waals surface area contributed by atoms with Crippen LogP contribution in [0.3, 0.4) is 0 Å². The minimum absolute atomic E-state index is 0.0465. The van der Waals surface area contributed by atoms with Crippen LogP contribution in [-0.2, 0) is 6.54 Å². The summed E-state index contributed by atoms with van der Waals surface area (Å²) in [4.78, 5) is 12.4.